The molecule has 1 heterocycles. The predicted octanol–water partition coefficient (Wildman–Crippen LogP) is 5.33. The zero-order chi connectivity index (χ0) is 17.6. The van der Waals surface area contributed by atoms with Gasteiger partial charge in [0, 0.05) is 46.6 Å². The molecule has 1 aromatic heterocycles. The molecule has 128 valence electrons. The highest BCUT2D eigenvalue weighted by Gasteiger charge is 2.09. The Hall–Kier alpha value is -2.59. The van der Waals surface area contributed by atoms with E-state index < -0.39 is 0 Å². The number of H-pyrrole nitrogens is 1. The fourth-order valence-electron chi connectivity index (χ4n) is 2.68. The molecule has 0 atom stereocenters. The van der Waals surface area contributed by atoms with Crippen LogP contribution in [-0.4, -0.2) is 16.0 Å². The van der Waals surface area contributed by atoms with Crippen molar-refractivity contribution in [2.24, 2.45) is 0 Å². The Morgan fingerprint density at radius 1 is 1.20 bits per heavy atom. The summed E-state index contributed by atoms with van der Waals surface area (Å²) in [6, 6.07) is 15.2. The van der Waals surface area contributed by atoms with Gasteiger partial charge in [0.05, 0.1) is 5.69 Å². The molecule has 2 N–H and O–H groups in total. The molecule has 0 aliphatic rings. The fraction of sp³-hybridized carbons (Fsp3) is 0.200. The van der Waals surface area contributed by atoms with Crippen LogP contribution in [0.25, 0.3) is 11.3 Å². The van der Waals surface area contributed by atoms with Crippen LogP contribution in [-0.2, 0) is 6.54 Å². The minimum Gasteiger partial charge on any atom is -0.381 e. The van der Waals surface area contributed by atoms with Crippen LogP contribution in [0.15, 0.2) is 54.7 Å². The van der Waals surface area contributed by atoms with Crippen molar-refractivity contribution in [1.29, 1.82) is 0 Å². The number of nitrogens with zero attached hydrogens (tertiary/aromatic N) is 1. The van der Waals surface area contributed by atoms with Crippen molar-refractivity contribution >= 4 is 23.1 Å². The molecule has 0 bridgehead atoms. The predicted molar refractivity (Wildman–Crippen MR) is 102 cm³/mol. The number of rotatable bonds is 7. The summed E-state index contributed by atoms with van der Waals surface area (Å²) in [5.74, 6) is 0.187. The molecule has 0 aliphatic heterocycles. The molecule has 0 radical (unpaired) electrons. The largest absolute Gasteiger partial charge is 0.381 e. The zero-order valence-electron chi connectivity index (χ0n) is 14.1. The average molecular weight is 354 g/mol. The minimum absolute atomic E-state index is 0.187. The molecule has 25 heavy (non-hydrogen) atoms. The number of carbonyl (C=O) groups is 1. The summed E-state index contributed by atoms with van der Waals surface area (Å²) in [6.07, 6.45) is 3.33. The maximum absolute atomic E-state index is 11.9. The highest BCUT2D eigenvalue weighted by atomic mass is 35.5. The van der Waals surface area contributed by atoms with Crippen LogP contribution in [0.5, 0.6) is 0 Å². The van der Waals surface area contributed by atoms with Crippen LogP contribution in [0.1, 0.15) is 35.7 Å². The third-order valence-electron chi connectivity index (χ3n) is 3.98. The number of aromatic nitrogens is 2. The van der Waals surface area contributed by atoms with Gasteiger partial charge in [-0.15, -0.1) is 0 Å². The first-order valence-electron chi connectivity index (χ1n) is 8.33. The number of nitrogens with one attached hydrogen (secondary N) is 2. The smallest absolute Gasteiger partial charge is 0.162 e. The van der Waals surface area contributed by atoms with Gasteiger partial charge in [-0.1, -0.05) is 30.7 Å². The van der Waals surface area contributed by atoms with Crippen LogP contribution >= 0.6 is 11.6 Å². The molecule has 0 aliphatic carbocycles. The number of Topliss-reactive ketones (excluding diaryl/α,β-unsaturated/α-hetero) is 1. The van der Waals surface area contributed by atoms with Gasteiger partial charge in [-0.25, -0.2) is 0 Å². The van der Waals surface area contributed by atoms with E-state index in [0.717, 1.165) is 34.5 Å². The number of halogens is 1. The van der Waals surface area contributed by atoms with E-state index in [-0.39, 0.29) is 5.78 Å². The van der Waals surface area contributed by atoms with E-state index in [1.165, 1.54) is 0 Å². The Balaban J connectivity index is 1.69. The maximum atomic E-state index is 11.9. The quantitative estimate of drug-likeness (QED) is 0.565. The van der Waals surface area contributed by atoms with E-state index in [1.54, 1.807) is 0 Å². The molecule has 3 rings (SSSR count). The number of hydrogen-bond donors (Lipinski definition) is 2. The molecular formula is C20H20ClN3O. The second-order valence-corrected chi connectivity index (χ2v) is 6.31. The number of benzene rings is 2. The molecule has 3 aromatic rings. The lowest BCUT2D eigenvalue weighted by molar-refractivity contribution is 0.0982. The molecule has 4 nitrogen and oxygen atoms in total. The van der Waals surface area contributed by atoms with Crippen LogP contribution in [0.3, 0.4) is 0 Å². The summed E-state index contributed by atoms with van der Waals surface area (Å²) in [6.45, 7) is 2.64. The zero-order valence-corrected chi connectivity index (χ0v) is 14.8. The molecule has 0 fully saturated rings. The maximum Gasteiger partial charge on any atom is 0.162 e. The van der Waals surface area contributed by atoms with Crippen LogP contribution in [0.4, 0.5) is 5.69 Å². The highest BCUT2D eigenvalue weighted by molar-refractivity contribution is 6.30. The van der Waals surface area contributed by atoms with Crippen molar-refractivity contribution < 1.29 is 4.79 Å². The second kappa shape index (κ2) is 7.99. The fourth-order valence-corrected chi connectivity index (χ4v) is 2.87. The molecule has 2 aromatic carbocycles. The number of hydrogen-bond acceptors (Lipinski definition) is 3. The van der Waals surface area contributed by atoms with E-state index in [9.17, 15) is 4.79 Å². The molecule has 0 spiro atoms. The summed E-state index contributed by atoms with van der Waals surface area (Å²) in [5.41, 5.74) is 4.63. The first-order valence-corrected chi connectivity index (χ1v) is 8.71. The minimum atomic E-state index is 0.187. The van der Waals surface area contributed by atoms with Crippen molar-refractivity contribution in [3.63, 3.8) is 0 Å². The normalized spacial score (nSPS) is 10.6. The monoisotopic (exact) mass is 353 g/mol. The first-order chi connectivity index (χ1) is 12.2. The van der Waals surface area contributed by atoms with Crippen LogP contribution < -0.4 is 5.32 Å². The lowest BCUT2D eigenvalue weighted by Gasteiger charge is -2.08. The van der Waals surface area contributed by atoms with Crippen molar-refractivity contribution in [1.82, 2.24) is 10.2 Å². The highest BCUT2D eigenvalue weighted by Crippen LogP contribution is 2.24. The Bertz CT molecular complexity index is 855. The van der Waals surface area contributed by atoms with Crippen LogP contribution in [0, 0.1) is 0 Å². The number of ketones is 1. The Morgan fingerprint density at radius 2 is 2.00 bits per heavy atom. The van der Waals surface area contributed by atoms with Gasteiger partial charge in [0.15, 0.2) is 5.78 Å². The summed E-state index contributed by atoms with van der Waals surface area (Å²) in [7, 11) is 0. The Kier molecular flexibility index (Phi) is 5.51. The van der Waals surface area contributed by atoms with Gasteiger partial charge in [0.1, 0.15) is 0 Å². The topological polar surface area (TPSA) is 57.8 Å². The molecule has 0 saturated carbocycles. The lowest BCUT2D eigenvalue weighted by atomic mass is 10.1. The van der Waals surface area contributed by atoms with Gasteiger partial charge >= 0.3 is 0 Å². The van der Waals surface area contributed by atoms with Crippen molar-refractivity contribution in [3.8, 4) is 11.3 Å². The van der Waals surface area contributed by atoms with Gasteiger partial charge in [0.2, 0.25) is 0 Å². The number of anilines is 1. The average Bonchev–Trinajstić information content (AvgIpc) is 3.09. The standard InChI is InChI=1S/C20H20ClN3O/c1-2-4-19(25)14-7-9-18(10-8-14)22-12-16-13-23-24-20(16)15-5-3-6-17(21)11-15/h3,5-11,13,22H,2,4,12H2,1H3,(H,23,24). The number of carbonyl (C=O) groups excluding carboxylic acids is 1. The lowest BCUT2D eigenvalue weighted by Crippen LogP contribution is -2.02. The molecule has 0 unspecified atom stereocenters. The van der Waals surface area contributed by atoms with Crippen LogP contribution in [0.2, 0.25) is 5.02 Å². The Morgan fingerprint density at radius 3 is 2.72 bits per heavy atom. The molecule has 0 amide bonds. The van der Waals surface area contributed by atoms with Gasteiger partial charge in [-0.05, 0) is 42.8 Å². The van der Waals surface area contributed by atoms with E-state index in [0.29, 0.717) is 18.0 Å². The van der Waals surface area contributed by atoms with Crippen molar-refractivity contribution in [3.05, 3.63) is 70.9 Å². The SMILES string of the molecule is CCCC(=O)c1ccc(NCc2c[nH]nc2-c2cccc(Cl)c2)cc1. The second-order valence-electron chi connectivity index (χ2n) is 5.87. The van der Waals surface area contributed by atoms with E-state index in [2.05, 4.69) is 15.5 Å². The summed E-state index contributed by atoms with van der Waals surface area (Å²) < 4.78 is 0. The summed E-state index contributed by atoms with van der Waals surface area (Å²) in [5, 5.41) is 11.3. The van der Waals surface area contributed by atoms with Gasteiger partial charge in [0.25, 0.3) is 0 Å². The molecule has 0 saturated heterocycles. The van der Waals surface area contributed by atoms with E-state index in [4.69, 9.17) is 11.6 Å². The number of aromatic amines is 1. The summed E-state index contributed by atoms with van der Waals surface area (Å²) >= 11 is 6.07. The molecular weight excluding hydrogens is 334 g/mol. The summed E-state index contributed by atoms with van der Waals surface area (Å²) in [4.78, 5) is 11.9. The van der Waals surface area contributed by atoms with E-state index >= 15 is 0 Å². The van der Waals surface area contributed by atoms with Crippen molar-refractivity contribution in [2.75, 3.05) is 5.32 Å². The van der Waals surface area contributed by atoms with E-state index in [1.807, 2.05) is 61.7 Å². The van der Waals surface area contributed by atoms with Gasteiger partial charge < -0.3 is 5.32 Å². The van der Waals surface area contributed by atoms with Gasteiger partial charge in [-0.2, -0.15) is 5.10 Å². The third kappa shape index (κ3) is 4.28. The van der Waals surface area contributed by atoms with Gasteiger partial charge in [-0.3, -0.25) is 9.89 Å². The first kappa shape index (κ1) is 17.2. The Labute approximate surface area is 152 Å². The molecule has 5 heteroatoms. The van der Waals surface area contributed by atoms with Crippen molar-refractivity contribution in [2.45, 2.75) is 26.3 Å². The third-order valence-corrected chi connectivity index (χ3v) is 4.22.